The summed E-state index contributed by atoms with van der Waals surface area (Å²) in [5.41, 5.74) is 2.79. The number of carbonyl (C=O) groups is 1. The lowest BCUT2D eigenvalue weighted by Crippen LogP contribution is -2.49. The van der Waals surface area contributed by atoms with Gasteiger partial charge in [0.1, 0.15) is 0 Å². The van der Waals surface area contributed by atoms with Gasteiger partial charge in [0, 0.05) is 44.5 Å². The SMILES string of the molecule is Cc1nn(C)c(C)c1C=C1SC(N2CCN(S(=O)(=O)c3ccccc3)CC2)=NC1=O. The van der Waals surface area contributed by atoms with Gasteiger partial charge in [0.15, 0.2) is 5.17 Å². The Morgan fingerprint density at radius 3 is 2.33 bits per heavy atom. The Bertz CT molecular complexity index is 1140. The second-order valence-corrected chi connectivity index (χ2v) is 10.2. The molecule has 1 fully saturated rings. The highest BCUT2D eigenvalue weighted by Crippen LogP contribution is 2.32. The van der Waals surface area contributed by atoms with E-state index in [1.165, 1.54) is 16.1 Å². The van der Waals surface area contributed by atoms with Gasteiger partial charge in [-0.3, -0.25) is 9.48 Å². The van der Waals surface area contributed by atoms with Gasteiger partial charge in [-0.25, -0.2) is 8.42 Å². The molecule has 0 N–H and O–H groups in total. The average Bonchev–Trinajstić information content (AvgIpc) is 3.23. The lowest BCUT2D eigenvalue weighted by Gasteiger charge is -2.34. The number of piperazine rings is 1. The van der Waals surface area contributed by atoms with Gasteiger partial charge < -0.3 is 4.90 Å². The highest BCUT2D eigenvalue weighted by atomic mass is 32.2. The first kappa shape index (κ1) is 20.8. The van der Waals surface area contributed by atoms with Crippen LogP contribution in [0, 0.1) is 13.8 Å². The van der Waals surface area contributed by atoms with Crippen molar-refractivity contribution in [3.8, 4) is 0 Å². The number of carbonyl (C=O) groups excluding carboxylic acids is 1. The maximum absolute atomic E-state index is 12.8. The topological polar surface area (TPSA) is 87.9 Å². The number of rotatable bonds is 3. The summed E-state index contributed by atoms with van der Waals surface area (Å²) >= 11 is 1.33. The molecule has 2 aromatic rings. The summed E-state index contributed by atoms with van der Waals surface area (Å²) in [6.07, 6.45) is 1.84. The maximum atomic E-state index is 12.8. The van der Waals surface area contributed by atoms with Crippen LogP contribution >= 0.6 is 11.8 Å². The number of hydrogen-bond donors (Lipinski definition) is 0. The fourth-order valence-electron chi connectivity index (χ4n) is 3.52. The molecule has 0 spiro atoms. The third kappa shape index (κ3) is 3.82. The van der Waals surface area contributed by atoms with Crippen molar-refractivity contribution in [1.82, 2.24) is 19.0 Å². The second kappa shape index (κ2) is 8.01. The predicted octanol–water partition coefficient (Wildman–Crippen LogP) is 2.01. The van der Waals surface area contributed by atoms with Crippen LogP contribution in [0.15, 0.2) is 45.1 Å². The molecule has 2 aliphatic rings. The molecule has 2 aliphatic heterocycles. The van der Waals surface area contributed by atoms with E-state index in [4.69, 9.17) is 0 Å². The molecule has 3 heterocycles. The van der Waals surface area contributed by atoms with E-state index < -0.39 is 10.0 Å². The van der Waals surface area contributed by atoms with Gasteiger partial charge in [-0.2, -0.15) is 14.4 Å². The van der Waals surface area contributed by atoms with Crippen LogP contribution in [0.2, 0.25) is 0 Å². The van der Waals surface area contributed by atoms with Crippen molar-refractivity contribution in [2.45, 2.75) is 18.7 Å². The Morgan fingerprint density at radius 1 is 1.07 bits per heavy atom. The van der Waals surface area contributed by atoms with Gasteiger partial charge in [0.2, 0.25) is 10.0 Å². The minimum Gasteiger partial charge on any atom is -0.348 e. The van der Waals surface area contributed by atoms with E-state index >= 15 is 0 Å². The number of aliphatic imine (C=N–C) groups is 1. The smallest absolute Gasteiger partial charge is 0.286 e. The molecule has 158 valence electrons. The summed E-state index contributed by atoms with van der Waals surface area (Å²) in [6.45, 7) is 5.56. The fourth-order valence-corrected chi connectivity index (χ4v) is 5.91. The van der Waals surface area contributed by atoms with Crippen LogP contribution in [-0.2, 0) is 21.9 Å². The Morgan fingerprint density at radius 2 is 1.73 bits per heavy atom. The predicted molar refractivity (Wildman–Crippen MR) is 117 cm³/mol. The van der Waals surface area contributed by atoms with Crippen LogP contribution in [0.25, 0.3) is 6.08 Å². The first-order valence-corrected chi connectivity index (χ1v) is 11.9. The van der Waals surface area contributed by atoms with Gasteiger partial charge in [-0.05, 0) is 43.8 Å². The Balaban J connectivity index is 1.44. The molecule has 0 radical (unpaired) electrons. The summed E-state index contributed by atoms with van der Waals surface area (Å²) in [7, 11) is -1.63. The number of hydrogen-bond acceptors (Lipinski definition) is 6. The van der Waals surface area contributed by atoms with Gasteiger partial charge in [0.25, 0.3) is 5.91 Å². The van der Waals surface area contributed by atoms with E-state index in [0.717, 1.165) is 17.0 Å². The quantitative estimate of drug-likeness (QED) is 0.672. The highest BCUT2D eigenvalue weighted by Gasteiger charge is 2.32. The zero-order chi connectivity index (χ0) is 21.5. The van der Waals surface area contributed by atoms with Gasteiger partial charge >= 0.3 is 0 Å². The number of amides is 1. The minimum atomic E-state index is -3.51. The van der Waals surface area contributed by atoms with Crippen LogP contribution in [0.3, 0.4) is 0 Å². The lowest BCUT2D eigenvalue weighted by molar-refractivity contribution is -0.113. The molecule has 4 rings (SSSR count). The molecule has 8 nitrogen and oxygen atoms in total. The molecule has 30 heavy (non-hydrogen) atoms. The molecule has 1 aromatic heterocycles. The molecule has 0 bridgehead atoms. The van der Waals surface area contributed by atoms with E-state index in [-0.39, 0.29) is 5.91 Å². The van der Waals surface area contributed by atoms with Crippen molar-refractivity contribution < 1.29 is 13.2 Å². The average molecular weight is 446 g/mol. The first-order valence-electron chi connectivity index (χ1n) is 9.60. The summed E-state index contributed by atoms with van der Waals surface area (Å²) in [5, 5.41) is 5.01. The number of aromatic nitrogens is 2. The molecule has 10 heteroatoms. The monoisotopic (exact) mass is 445 g/mol. The summed E-state index contributed by atoms with van der Waals surface area (Å²) in [6, 6.07) is 8.45. The van der Waals surface area contributed by atoms with Crippen molar-refractivity contribution >= 4 is 38.9 Å². The standard InChI is InChI=1S/C20H23N5O3S2/c1-14-17(15(2)23(3)22-14)13-18-19(26)21-20(29-18)24-9-11-25(12-10-24)30(27,28)16-7-5-4-6-8-16/h4-8,13H,9-12H2,1-3H3. The molecular weight excluding hydrogens is 422 g/mol. The zero-order valence-corrected chi connectivity index (χ0v) is 18.7. The van der Waals surface area contributed by atoms with Crippen molar-refractivity contribution in [1.29, 1.82) is 0 Å². The minimum absolute atomic E-state index is 0.267. The van der Waals surface area contributed by atoms with Crippen molar-refractivity contribution in [2.75, 3.05) is 26.2 Å². The van der Waals surface area contributed by atoms with Crippen LogP contribution in [0.4, 0.5) is 0 Å². The number of amidine groups is 1. The molecule has 1 saturated heterocycles. The van der Waals surface area contributed by atoms with Crippen molar-refractivity contribution in [3.05, 3.63) is 52.2 Å². The van der Waals surface area contributed by atoms with E-state index in [9.17, 15) is 13.2 Å². The van der Waals surface area contributed by atoms with Crippen LogP contribution in [-0.4, -0.2) is 64.7 Å². The lowest BCUT2D eigenvalue weighted by atomic mass is 10.2. The number of sulfonamides is 1. The van der Waals surface area contributed by atoms with Crippen LogP contribution in [0.5, 0.6) is 0 Å². The Kier molecular flexibility index (Phi) is 5.56. The molecule has 0 atom stereocenters. The normalized spacial score (nSPS) is 19.6. The molecular formula is C20H23N5O3S2. The summed E-state index contributed by atoms with van der Waals surface area (Å²) in [5.74, 6) is -0.267. The van der Waals surface area contributed by atoms with Gasteiger partial charge in [-0.15, -0.1) is 0 Å². The second-order valence-electron chi connectivity index (χ2n) is 7.22. The van der Waals surface area contributed by atoms with Crippen LogP contribution < -0.4 is 0 Å². The zero-order valence-electron chi connectivity index (χ0n) is 17.1. The number of aryl methyl sites for hydroxylation is 2. The molecule has 0 saturated carbocycles. The molecule has 1 aromatic carbocycles. The van der Waals surface area contributed by atoms with Gasteiger partial charge in [0.05, 0.1) is 15.5 Å². The number of nitrogens with zero attached hydrogens (tertiary/aromatic N) is 5. The van der Waals surface area contributed by atoms with E-state index in [1.807, 2.05) is 31.9 Å². The van der Waals surface area contributed by atoms with Gasteiger partial charge in [-0.1, -0.05) is 18.2 Å². The fraction of sp³-hybridized carbons (Fsp3) is 0.350. The maximum Gasteiger partial charge on any atom is 0.286 e. The Labute approximate surface area is 180 Å². The first-order chi connectivity index (χ1) is 14.3. The van der Waals surface area contributed by atoms with Crippen molar-refractivity contribution in [2.24, 2.45) is 12.0 Å². The van der Waals surface area contributed by atoms with Crippen molar-refractivity contribution in [3.63, 3.8) is 0 Å². The summed E-state index contributed by atoms with van der Waals surface area (Å²) in [4.78, 5) is 19.5. The summed E-state index contributed by atoms with van der Waals surface area (Å²) < 4.78 is 28.9. The number of benzene rings is 1. The van der Waals surface area contributed by atoms with E-state index in [0.29, 0.717) is 41.1 Å². The van der Waals surface area contributed by atoms with Crippen LogP contribution in [0.1, 0.15) is 17.0 Å². The third-order valence-electron chi connectivity index (χ3n) is 5.34. The van der Waals surface area contributed by atoms with E-state index in [2.05, 4.69) is 10.1 Å². The highest BCUT2D eigenvalue weighted by molar-refractivity contribution is 8.18. The third-order valence-corrected chi connectivity index (χ3v) is 8.30. The molecule has 0 aliphatic carbocycles. The number of thioether (sulfide) groups is 1. The molecule has 1 amide bonds. The largest absolute Gasteiger partial charge is 0.348 e. The molecule has 0 unspecified atom stereocenters. The Hall–Kier alpha value is -2.43. The van der Waals surface area contributed by atoms with E-state index in [1.54, 1.807) is 35.0 Å².